The van der Waals surface area contributed by atoms with E-state index < -0.39 is 0 Å². The van der Waals surface area contributed by atoms with E-state index >= 15 is 0 Å². The average Bonchev–Trinajstić information content (AvgIpc) is 3.37. The fraction of sp³-hybridized carbons (Fsp3) is 0.158. The summed E-state index contributed by atoms with van der Waals surface area (Å²) in [6.45, 7) is 1.57. The van der Waals surface area contributed by atoms with Gasteiger partial charge in [-0.1, -0.05) is 171 Å². The van der Waals surface area contributed by atoms with Gasteiger partial charge in [-0.05, 0) is 117 Å². The van der Waals surface area contributed by atoms with Crippen LogP contribution >= 0.6 is 31.9 Å². The maximum absolute atomic E-state index is 6.72. The maximum Gasteiger partial charge on any atom is 0.204 e. The molecular weight excluding hydrogens is 940 g/mol. The number of alkyl halides is 2. The van der Waals surface area contributed by atoms with Crippen LogP contribution in [0.2, 0.25) is 0 Å². The van der Waals surface area contributed by atoms with Crippen LogP contribution in [0.25, 0.3) is 11.1 Å². The first-order valence-corrected chi connectivity index (χ1v) is 23.9. The Kier molecular flexibility index (Phi) is 15.9. The van der Waals surface area contributed by atoms with E-state index in [1.165, 1.54) is 0 Å². The quantitative estimate of drug-likeness (QED) is 0.0669. The van der Waals surface area contributed by atoms with Gasteiger partial charge in [0.25, 0.3) is 0 Å². The summed E-state index contributed by atoms with van der Waals surface area (Å²) in [5, 5.41) is 1.37. The Morgan fingerprint density at radius 3 is 1.43 bits per heavy atom. The molecule has 8 heteroatoms. The third-order valence-corrected chi connectivity index (χ3v) is 12.2. The minimum atomic E-state index is 0.342. The molecule has 8 aromatic rings. The highest BCUT2D eigenvalue weighted by Crippen LogP contribution is 2.44. The number of ether oxygens (including phenoxy) is 6. The van der Waals surface area contributed by atoms with Crippen molar-refractivity contribution >= 4 is 31.9 Å². The maximum atomic E-state index is 6.72. The summed E-state index contributed by atoms with van der Waals surface area (Å²) in [7, 11) is 1.68. The second-order valence-corrected chi connectivity index (χ2v) is 16.6. The van der Waals surface area contributed by atoms with Gasteiger partial charge in [0.05, 0.1) is 7.11 Å². The first-order chi connectivity index (χ1) is 32.0. The second-order valence-electron chi connectivity index (χ2n) is 15.5. The number of hydrogen-bond donors (Lipinski definition) is 0. The largest absolute Gasteiger partial charge is 0.493 e. The van der Waals surface area contributed by atoms with Crippen LogP contribution in [0, 0.1) is 0 Å². The lowest BCUT2D eigenvalue weighted by atomic mass is 9.92. The molecule has 8 rings (SSSR count). The number of rotatable bonds is 21. The molecule has 8 aromatic carbocycles. The normalized spacial score (nSPS) is 10.9. The standard InChI is InChI=1S/C57H50Br2O6/c1-60-53-33-48(36-59)52(34-54(53)62-38-43-16-8-3-9-17-43)51-29-28-50(61-37-42-14-6-2-7-15-42)32-47(51)25-22-46-30-55(63-39-44-18-10-4-11-19-44)57(64-40-45-20-12-5-13-21-45)56(31-46)65-49-26-23-41(35-58)24-27-49/h2-21,23-24,26-34H,22,25,35-40H2,1H3. The lowest BCUT2D eigenvalue weighted by molar-refractivity contribution is 0.247. The van der Waals surface area contributed by atoms with Crippen molar-refractivity contribution in [2.24, 2.45) is 0 Å². The molecule has 0 amide bonds. The fourth-order valence-corrected chi connectivity index (χ4v) is 8.30. The Labute approximate surface area is 399 Å². The van der Waals surface area contributed by atoms with E-state index in [0.717, 1.165) is 66.7 Å². The summed E-state index contributed by atoms with van der Waals surface area (Å²) in [4.78, 5) is 0. The van der Waals surface area contributed by atoms with Crippen molar-refractivity contribution < 1.29 is 28.4 Å². The molecule has 0 spiro atoms. The van der Waals surface area contributed by atoms with Gasteiger partial charge in [0.2, 0.25) is 5.75 Å². The van der Waals surface area contributed by atoms with Crippen molar-refractivity contribution in [3.63, 3.8) is 0 Å². The lowest BCUT2D eigenvalue weighted by Gasteiger charge is -2.20. The zero-order valence-electron chi connectivity index (χ0n) is 36.3. The molecule has 0 aliphatic rings. The molecule has 0 bridgehead atoms. The summed E-state index contributed by atoms with van der Waals surface area (Å²) in [6, 6.07) is 63.5. The Balaban J connectivity index is 1.18. The topological polar surface area (TPSA) is 55.4 Å². The lowest BCUT2D eigenvalue weighted by Crippen LogP contribution is -2.05. The minimum absolute atomic E-state index is 0.342. The van der Waals surface area contributed by atoms with Gasteiger partial charge in [-0.3, -0.25) is 0 Å². The molecule has 0 aliphatic carbocycles. The van der Waals surface area contributed by atoms with Crippen LogP contribution in [0.4, 0.5) is 0 Å². The third kappa shape index (κ3) is 12.4. The smallest absolute Gasteiger partial charge is 0.204 e. The van der Waals surface area contributed by atoms with E-state index in [0.29, 0.717) is 79.1 Å². The molecule has 65 heavy (non-hydrogen) atoms. The van der Waals surface area contributed by atoms with Crippen LogP contribution in [0.15, 0.2) is 188 Å². The molecule has 0 saturated heterocycles. The van der Waals surface area contributed by atoms with E-state index in [1.54, 1.807) is 7.11 Å². The molecule has 0 N–H and O–H groups in total. The van der Waals surface area contributed by atoms with Crippen molar-refractivity contribution in [1.29, 1.82) is 0 Å². The predicted octanol–water partition coefficient (Wildman–Crippen LogP) is 15.0. The highest BCUT2D eigenvalue weighted by molar-refractivity contribution is 9.08. The SMILES string of the molecule is COc1cc(CBr)c(-c2ccc(OCc3ccccc3)cc2CCc2cc(OCc3ccccc3)c(OCc3ccccc3)c(Oc3ccc(CBr)cc3)c2)cc1OCc1ccccc1. The zero-order valence-corrected chi connectivity index (χ0v) is 39.4. The summed E-state index contributed by atoms with van der Waals surface area (Å²) in [5.74, 6) is 4.55. The first-order valence-electron chi connectivity index (χ1n) is 21.6. The average molecular weight is 991 g/mol. The first kappa shape index (κ1) is 45.1. The Hall–Kier alpha value is -6.48. The number of hydrogen-bond acceptors (Lipinski definition) is 6. The highest BCUT2D eigenvalue weighted by atomic mass is 79.9. The van der Waals surface area contributed by atoms with Gasteiger partial charge in [-0.25, -0.2) is 0 Å². The van der Waals surface area contributed by atoms with Crippen molar-refractivity contribution in [3.8, 4) is 51.4 Å². The number of aryl methyl sites for hydroxylation is 2. The molecule has 328 valence electrons. The second kappa shape index (κ2) is 22.9. The molecule has 0 atom stereocenters. The van der Waals surface area contributed by atoms with Gasteiger partial charge < -0.3 is 28.4 Å². The fourth-order valence-electron chi connectivity index (χ4n) is 7.46. The van der Waals surface area contributed by atoms with Gasteiger partial charge in [0, 0.05) is 10.7 Å². The van der Waals surface area contributed by atoms with E-state index in [1.807, 2.05) is 84.9 Å². The Morgan fingerprint density at radius 2 is 0.877 bits per heavy atom. The molecule has 0 fully saturated rings. The van der Waals surface area contributed by atoms with Gasteiger partial charge >= 0.3 is 0 Å². The van der Waals surface area contributed by atoms with Crippen molar-refractivity contribution in [3.05, 3.63) is 233 Å². The molecule has 0 aromatic heterocycles. The van der Waals surface area contributed by atoms with Crippen molar-refractivity contribution in [2.75, 3.05) is 7.11 Å². The Bertz CT molecular complexity index is 2730. The van der Waals surface area contributed by atoms with E-state index in [9.17, 15) is 0 Å². The summed E-state index contributed by atoms with van der Waals surface area (Å²) in [6.07, 6.45) is 1.33. The summed E-state index contributed by atoms with van der Waals surface area (Å²) >= 11 is 7.36. The van der Waals surface area contributed by atoms with Crippen LogP contribution < -0.4 is 28.4 Å². The van der Waals surface area contributed by atoms with Gasteiger partial charge in [-0.15, -0.1) is 0 Å². The molecular formula is C57H50Br2O6. The van der Waals surface area contributed by atoms with Gasteiger partial charge in [-0.2, -0.15) is 0 Å². The number of methoxy groups -OCH3 is 1. The van der Waals surface area contributed by atoms with Crippen molar-refractivity contribution in [1.82, 2.24) is 0 Å². The molecule has 0 heterocycles. The van der Waals surface area contributed by atoms with Gasteiger partial charge in [0.1, 0.15) is 37.9 Å². The van der Waals surface area contributed by atoms with E-state index in [2.05, 4.69) is 135 Å². The molecule has 6 nitrogen and oxygen atoms in total. The molecule has 0 aliphatic heterocycles. The van der Waals surface area contributed by atoms with Gasteiger partial charge in [0.15, 0.2) is 23.0 Å². The third-order valence-electron chi connectivity index (χ3n) is 10.9. The monoisotopic (exact) mass is 988 g/mol. The van der Waals surface area contributed by atoms with Crippen LogP contribution in [-0.4, -0.2) is 7.11 Å². The number of benzene rings is 8. The van der Waals surface area contributed by atoms with E-state index in [-0.39, 0.29) is 0 Å². The molecule has 0 radical (unpaired) electrons. The summed E-state index contributed by atoms with van der Waals surface area (Å²) in [5.41, 5.74) is 10.7. The Morgan fingerprint density at radius 1 is 0.354 bits per heavy atom. The van der Waals surface area contributed by atoms with Crippen molar-refractivity contribution in [2.45, 2.75) is 49.9 Å². The van der Waals surface area contributed by atoms with E-state index in [4.69, 9.17) is 28.4 Å². The highest BCUT2D eigenvalue weighted by Gasteiger charge is 2.20. The van der Waals surface area contributed by atoms with Crippen LogP contribution in [0.3, 0.4) is 0 Å². The summed E-state index contributed by atoms with van der Waals surface area (Å²) < 4.78 is 38.8. The minimum Gasteiger partial charge on any atom is -0.493 e. The van der Waals surface area contributed by atoms with Crippen LogP contribution in [-0.2, 0) is 49.9 Å². The molecule has 0 unspecified atom stereocenters. The zero-order chi connectivity index (χ0) is 44.6. The molecule has 0 saturated carbocycles. The predicted molar refractivity (Wildman–Crippen MR) is 267 cm³/mol. The van der Waals surface area contributed by atoms with Crippen LogP contribution in [0.5, 0.6) is 40.2 Å². The van der Waals surface area contributed by atoms with Crippen LogP contribution in [0.1, 0.15) is 44.5 Å². The number of halogens is 2.